The van der Waals surface area contributed by atoms with Gasteiger partial charge in [0.1, 0.15) is 0 Å². The van der Waals surface area contributed by atoms with Crippen LogP contribution in [0.4, 0.5) is 5.69 Å². The molecule has 22 heavy (non-hydrogen) atoms. The lowest BCUT2D eigenvalue weighted by Gasteiger charge is -2.21. The molecule has 0 spiro atoms. The molecular weight excluding hydrogens is 292 g/mol. The number of aryl methyl sites for hydroxylation is 1. The van der Waals surface area contributed by atoms with Gasteiger partial charge in [-0.3, -0.25) is 4.79 Å². The number of nitrogens with zero attached hydrogens (tertiary/aromatic N) is 2. The molecule has 0 N–H and O–H groups in total. The van der Waals surface area contributed by atoms with Crippen molar-refractivity contribution in [3.05, 3.63) is 34.2 Å². The number of fused-ring (bicyclic) bond motifs is 1. The molecule has 0 saturated heterocycles. The number of aromatic nitrogens is 1. The molecular formula is C18H20N2OS. The summed E-state index contributed by atoms with van der Waals surface area (Å²) < 4.78 is 0. The highest BCUT2D eigenvalue weighted by atomic mass is 32.1. The van der Waals surface area contributed by atoms with Gasteiger partial charge in [-0.1, -0.05) is 18.9 Å². The Bertz CT molecular complexity index is 716. The van der Waals surface area contributed by atoms with Crippen LogP contribution in [0.1, 0.15) is 36.3 Å². The summed E-state index contributed by atoms with van der Waals surface area (Å²) in [4.78, 5) is 19.3. The molecule has 1 aliphatic heterocycles. The van der Waals surface area contributed by atoms with Gasteiger partial charge in [0.25, 0.3) is 0 Å². The van der Waals surface area contributed by atoms with Gasteiger partial charge in [-0.2, -0.15) is 0 Å². The largest absolute Gasteiger partial charge is 0.312 e. The molecule has 2 aliphatic rings. The summed E-state index contributed by atoms with van der Waals surface area (Å²) >= 11 is 1.68. The summed E-state index contributed by atoms with van der Waals surface area (Å²) in [5.41, 5.74) is 4.62. The Balaban J connectivity index is 1.61. The van der Waals surface area contributed by atoms with E-state index in [1.54, 1.807) is 11.3 Å². The molecule has 0 atom stereocenters. The van der Waals surface area contributed by atoms with Crippen LogP contribution in [-0.4, -0.2) is 17.4 Å². The summed E-state index contributed by atoms with van der Waals surface area (Å²) in [5, 5.41) is 3.20. The zero-order chi connectivity index (χ0) is 15.1. The van der Waals surface area contributed by atoms with E-state index in [4.69, 9.17) is 0 Å². The van der Waals surface area contributed by atoms with E-state index >= 15 is 0 Å². The molecule has 1 fully saturated rings. The fraction of sp³-hybridized carbons (Fsp3) is 0.444. The third-order valence-electron chi connectivity index (χ3n) is 4.86. The average molecular weight is 312 g/mol. The maximum Gasteiger partial charge on any atom is 0.230 e. The van der Waals surface area contributed by atoms with Crippen LogP contribution in [0.15, 0.2) is 23.6 Å². The van der Waals surface area contributed by atoms with Crippen molar-refractivity contribution in [2.75, 3.05) is 11.4 Å². The van der Waals surface area contributed by atoms with Crippen molar-refractivity contribution in [2.45, 2.75) is 39.0 Å². The molecule has 0 radical (unpaired) electrons. The van der Waals surface area contributed by atoms with Crippen molar-refractivity contribution in [2.24, 2.45) is 5.92 Å². The second-order valence-corrected chi connectivity index (χ2v) is 7.38. The van der Waals surface area contributed by atoms with Crippen LogP contribution in [0.5, 0.6) is 0 Å². The van der Waals surface area contributed by atoms with E-state index in [9.17, 15) is 4.79 Å². The lowest BCUT2D eigenvalue weighted by atomic mass is 10.1. The lowest BCUT2D eigenvalue weighted by molar-refractivity contribution is -0.122. The zero-order valence-electron chi connectivity index (χ0n) is 12.8. The molecule has 0 bridgehead atoms. The van der Waals surface area contributed by atoms with E-state index in [0.29, 0.717) is 5.91 Å². The number of thiazole rings is 1. The second kappa shape index (κ2) is 5.51. The molecule has 2 heterocycles. The molecule has 4 heteroatoms. The van der Waals surface area contributed by atoms with Crippen molar-refractivity contribution in [1.82, 2.24) is 4.98 Å². The highest BCUT2D eigenvalue weighted by Crippen LogP contribution is 2.35. The van der Waals surface area contributed by atoms with Gasteiger partial charge in [0.05, 0.1) is 10.7 Å². The summed E-state index contributed by atoms with van der Waals surface area (Å²) in [6, 6.07) is 6.43. The first-order valence-corrected chi connectivity index (χ1v) is 8.97. The highest BCUT2D eigenvalue weighted by molar-refractivity contribution is 7.09. The minimum Gasteiger partial charge on any atom is -0.312 e. The molecule has 1 aromatic heterocycles. The number of hydrogen-bond donors (Lipinski definition) is 0. The van der Waals surface area contributed by atoms with Crippen molar-refractivity contribution in [3.8, 4) is 11.3 Å². The third-order valence-corrected chi connectivity index (χ3v) is 5.63. The van der Waals surface area contributed by atoms with Crippen LogP contribution in [0, 0.1) is 12.8 Å². The number of rotatable bonds is 2. The Morgan fingerprint density at radius 2 is 2.14 bits per heavy atom. The quantitative estimate of drug-likeness (QED) is 0.832. The average Bonchev–Trinajstić information content (AvgIpc) is 3.26. The molecule has 0 unspecified atom stereocenters. The number of anilines is 1. The molecule has 1 aromatic carbocycles. The smallest absolute Gasteiger partial charge is 0.230 e. The maximum absolute atomic E-state index is 12.7. The molecule has 2 aromatic rings. The first kappa shape index (κ1) is 13.9. The summed E-state index contributed by atoms with van der Waals surface area (Å²) in [7, 11) is 0. The summed E-state index contributed by atoms with van der Waals surface area (Å²) in [5.74, 6) is 0.598. The van der Waals surface area contributed by atoms with Gasteiger partial charge < -0.3 is 4.90 Å². The number of hydrogen-bond acceptors (Lipinski definition) is 3. The van der Waals surface area contributed by atoms with Crippen LogP contribution in [0.25, 0.3) is 11.3 Å². The van der Waals surface area contributed by atoms with Crippen molar-refractivity contribution < 1.29 is 4.79 Å². The Hall–Kier alpha value is -1.68. The molecule has 1 amide bonds. The van der Waals surface area contributed by atoms with E-state index in [2.05, 4.69) is 28.6 Å². The second-order valence-electron chi connectivity index (χ2n) is 6.32. The van der Waals surface area contributed by atoms with E-state index in [0.717, 1.165) is 42.2 Å². The normalized spacial score (nSPS) is 18.0. The Morgan fingerprint density at radius 3 is 2.86 bits per heavy atom. The fourth-order valence-corrected chi connectivity index (χ4v) is 4.30. The number of benzene rings is 1. The summed E-state index contributed by atoms with van der Waals surface area (Å²) in [6.07, 6.45) is 5.52. The minimum absolute atomic E-state index is 0.256. The van der Waals surface area contributed by atoms with Crippen LogP contribution < -0.4 is 4.90 Å². The van der Waals surface area contributed by atoms with E-state index < -0.39 is 0 Å². The first-order chi connectivity index (χ1) is 10.7. The molecule has 114 valence electrons. The fourth-order valence-electron chi connectivity index (χ4n) is 3.68. The number of amides is 1. The predicted octanol–water partition coefficient (Wildman–Crippen LogP) is 4.20. The van der Waals surface area contributed by atoms with Gasteiger partial charge in [-0.25, -0.2) is 4.98 Å². The molecule has 4 rings (SSSR count). The van der Waals surface area contributed by atoms with Gasteiger partial charge in [-0.05, 0) is 43.9 Å². The van der Waals surface area contributed by atoms with Gasteiger partial charge >= 0.3 is 0 Å². The van der Waals surface area contributed by atoms with Crippen LogP contribution in [0.3, 0.4) is 0 Å². The Kier molecular flexibility index (Phi) is 3.49. The van der Waals surface area contributed by atoms with E-state index in [1.807, 2.05) is 11.8 Å². The predicted molar refractivity (Wildman–Crippen MR) is 90.3 cm³/mol. The highest BCUT2D eigenvalue weighted by Gasteiger charge is 2.31. The first-order valence-electron chi connectivity index (χ1n) is 8.09. The topological polar surface area (TPSA) is 33.2 Å². The van der Waals surface area contributed by atoms with Crippen LogP contribution in [0.2, 0.25) is 0 Å². The van der Waals surface area contributed by atoms with Gasteiger partial charge in [0.2, 0.25) is 5.91 Å². The Labute approximate surface area is 135 Å². The number of carbonyl (C=O) groups excluding carboxylic acids is 1. The van der Waals surface area contributed by atoms with Crippen LogP contribution >= 0.6 is 11.3 Å². The lowest BCUT2D eigenvalue weighted by Crippen LogP contribution is -2.33. The summed E-state index contributed by atoms with van der Waals surface area (Å²) in [6.45, 7) is 2.87. The monoisotopic (exact) mass is 312 g/mol. The minimum atomic E-state index is 0.256. The van der Waals surface area contributed by atoms with Crippen molar-refractivity contribution in [3.63, 3.8) is 0 Å². The van der Waals surface area contributed by atoms with Gasteiger partial charge in [0.15, 0.2) is 0 Å². The molecule has 3 nitrogen and oxygen atoms in total. The SMILES string of the molecule is Cc1nc(-c2ccc3c(c2)CCN3C(=O)C2CCCC2)cs1. The zero-order valence-corrected chi connectivity index (χ0v) is 13.7. The van der Waals surface area contributed by atoms with Crippen molar-refractivity contribution >= 4 is 22.9 Å². The van der Waals surface area contributed by atoms with E-state index in [1.165, 1.54) is 24.0 Å². The molecule has 1 aliphatic carbocycles. The van der Waals surface area contributed by atoms with Crippen LogP contribution in [-0.2, 0) is 11.2 Å². The Morgan fingerprint density at radius 1 is 1.32 bits per heavy atom. The molecule has 1 saturated carbocycles. The van der Waals surface area contributed by atoms with Crippen molar-refractivity contribution in [1.29, 1.82) is 0 Å². The standard InChI is InChI=1S/C18H20N2OS/c1-12-19-16(11-22-12)14-6-7-17-15(10-14)8-9-20(17)18(21)13-4-2-3-5-13/h6-7,10-11,13H,2-5,8-9H2,1H3. The number of carbonyl (C=O) groups is 1. The van der Waals surface area contributed by atoms with Gasteiger partial charge in [0, 0.05) is 29.1 Å². The van der Waals surface area contributed by atoms with E-state index in [-0.39, 0.29) is 5.92 Å². The third kappa shape index (κ3) is 2.35. The van der Waals surface area contributed by atoms with Gasteiger partial charge in [-0.15, -0.1) is 11.3 Å². The maximum atomic E-state index is 12.7.